The lowest BCUT2D eigenvalue weighted by Crippen LogP contribution is -2.18. The summed E-state index contributed by atoms with van der Waals surface area (Å²) < 4.78 is 3.76. The fraction of sp³-hybridized carbons (Fsp3) is 0.294. The van der Waals surface area contributed by atoms with Gasteiger partial charge in [-0.25, -0.2) is 4.68 Å². The van der Waals surface area contributed by atoms with Gasteiger partial charge in [0, 0.05) is 17.1 Å². The topological polar surface area (TPSA) is 77.6 Å². The van der Waals surface area contributed by atoms with Gasteiger partial charge in [0.15, 0.2) is 5.16 Å². The molecular weight excluding hydrogens is 372 g/mol. The zero-order valence-electron chi connectivity index (χ0n) is 13.9. The van der Waals surface area contributed by atoms with Crippen LogP contribution >= 0.6 is 23.4 Å². The van der Waals surface area contributed by atoms with Crippen LogP contribution in [0.25, 0.3) is 0 Å². The summed E-state index contributed by atoms with van der Waals surface area (Å²) in [5.74, 6) is 0.795. The van der Waals surface area contributed by atoms with E-state index in [0.717, 1.165) is 23.6 Å². The highest BCUT2D eigenvalue weighted by Crippen LogP contribution is 2.37. The van der Waals surface area contributed by atoms with Crippen molar-refractivity contribution >= 4 is 35.1 Å². The first-order chi connectivity index (χ1) is 12.7. The Balaban J connectivity index is 1.37. The summed E-state index contributed by atoms with van der Waals surface area (Å²) in [6.07, 6.45) is 5.69. The number of thioether (sulfide) groups is 1. The Labute approximate surface area is 159 Å². The molecule has 1 amide bonds. The Bertz CT molecular complexity index is 919. The predicted octanol–water partition coefficient (Wildman–Crippen LogP) is 3.24. The van der Waals surface area contributed by atoms with E-state index < -0.39 is 0 Å². The van der Waals surface area contributed by atoms with Crippen molar-refractivity contribution in [3.63, 3.8) is 0 Å². The molecule has 0 spiro atoms. The maximum Gasteiger partial charge on any atom is 0.235 e. The van der Waals surface area contributed by atoms with Gasteiger partial charge >= 0.3 is 0 Å². The number of amides is 1. The van der Waals surface area contributed by atoms with Crippen molar-refractivity contribution in [2.75, 3.05) is 11.1 Å². The van der Waals surface area contributed by atoms with Crippen LogP contribution in [0.1, 0.15) is 24.4 Å². The summed E-state index contributed by atoms with van der Waals surface area (Å²) in [7, 11) is 0. The minimum absolute atomic E-state index is 0.110. The molecular formula is C17H17ClN6OS. The van der Waals surface area contributed by atoms with Gasteiger partial charge in [0.05, 0.1) is 18.5 Å². The molecule has 1 fully saturated rings. The molecule has 1 N–H and O–H groups in total. The van der Waals surface area contributed by atoms with E-state index in [1.165, 1.54) is 11.8 Å². The fourth-order valence-electron chi connectivity index (χ4n) is 2.60. The number of hydrogen-bond acceptors (Lipinski definition) is 5. The lowest BCUT2D eigenvalue weighted by Gasteiger charge is -2.10. The van der Waals surface area contributed by atoms with Crippen molar-refractivity contribution in [2.24, 2.45) is 0 Å². The van der Waals surface area contributed by atoms with Crippen molar-refractivity contribution in [1.29, 1.82) is 0 Å². The number of carbonyl (C=O) groups excluding carboxylic acids is 1. The molecule has 3 aromatic rings. The monoisotopic (exact) mass is 388 g/mol. The van der Waals surface area contributed by atoms with Crippen molar-refractivity contribution in [3.05, 3.63) is 53.4 Å². The fourth-order valence-corrected chi connectivity index (χ4v) is 3.58. The smallest absolute Gasteiger partial charge is 0.235 e. The molecule has 1 aromatic carbocycles. The average molecular weight is 389 g/mol. The maximum absolute atomic E-state index is 12.3. The van der Waals surface area contributed by atoms with E-state index in [0.29, 0.717) is 23.4 Å². The first-order valence-electron chi connectivity index (χ1n) is 8.28. The number of benzene rings is 1. The lowest BCUT2D eigenvalue weighted by molar-refractivity contribution is -0.113. The van der Waals surface area contributed by atoms with E-state index in [9.17, 15) is 4.79 Å². The van der Waals surface area contributed by atoms with E-state index in [4.69, 9.17) is 11.6 Å². The van der Waals surface area contributed by atoms with Crippen LogP contribution in [-0.2, 0) is 11.3 Å². The second-order valence-electron chi connectivity index (χ2n) is 6.05. The molecule has 134 valence electrons. The Morgan fingerprint density at radius 1 is 1.31 bits per heavy atom. The third-order valence-corrected chi connectivity index (χ3v) is 5.40. The van der Waals surface area contributed by atoms with E-state index in [-0.39, 0.29) is 11.7 Å². The SMILES string of the molecule is O=C(CSc1nncn1C1CC1)Nc1ccnn1Cc1ccccc1Cl. The number of halogens is 1. The van der Waals surface area contributed by atoms with Gasteiger partial charge in [-0.05, 0) is 24.5 Å². The minimum atomic E-state index is -0.110. The zero-order valence-corrected chi connectivity index (χ0v) is 15.5. The van der Waals surface area contributed by atoms with Crippen LogP contribution in [-0.4, -0.2) is 36.2 Å². The van der Waals surface area contributed by atoms with Gasteiger partial charge in [-0.3, -0.25) is 4.79 Å². The molecule has 0 saturated heterocycles. The van der Waals surface area contributed by atoms with E-state index in [1.54, 1.807) is 23.3 Å². The second kappa shape index (κ2) is 7.51. The standard InChI is InChI=1S/C17H17ClN6OS/c18-14-4-2-1-3-12(14)9-24-15(7-8-20-24)21-16(25)10-26-17-22-19-11-23(17)13-5-6-13/h1-4,7-8,11,13H,5-6,9-10H2,(H,21,25). The third kappa shape index (κ3) is 3.91. The van der Waals surface area contributed by atoms with Crippen LogP contribution in [0.3, 0.4) is 0 Å². The number of rotatable bonds is 7. The molecule has 1 aliphatic carbocycles. The number of nitrogens with one attached hydrogen (secondary N) is 1. The van der Waals surface area contributed by atoms with Crippen LogP contribution in [0.2, 0.25) is 5.02 Å². The highest BCUT2D eigenvalue weighted by Gasteiger charge is 2.26. The van der Waals surface area contributed by atoms with E-state index in [2.05, 4.69) is 20.6 Å². The number of anilines is 1. The van der Waals surface area contributed by atoms with Crippen molar-refractivity contribution in [2.45, 2.75) is 30.6 Å². The Kier molecular flexibility index (Phi) is 4.94. The molecule has 4 rings (SSSR count). The molecule has 0 radical (unpaired) electrons. The molecule has 1 saturated carbocycles. The van der Waals surface area contributed by atoms with Gasteiger partial charge in [0.2, 0.25) is 5.91 Å². The summed E-state index contributed by atoms with van der Waals surface area (Å²) in [4.78, 5) is 12.3. The highest BCUT2D eigenvalue weighted by atomic mass is 35.5. The van der Waals surface area contributed by atoms with Crippen LogP contribution in [0, 0.1) is 0 Å². The zero-order chi connectivity index (χ0) is 17.9. The Morgan fingerprint density at radius 3 is 2.96 bits per heavy atom. The maximum atomic E-state index is 12.3. The average Bonchev–Trinajstić information content (AvgIpc) is 3.22. The molecule has 0 aliphatic heterocycles. The molecule has 0 unspecified atom stereocenters. The highest BCUT2D eigenvalue weighted by molar-refractivity contribution is 7.99. The summed E-state index contributed by atoms with van der Waals surface area (Å²) >= 11 is 7.60. The normalized spacial score (nSPS) is 13.7. The first kappa shape index (κ1) is 17.1. The largest absolute Gasteiger partial charge is 0.310 e. The summed E-state index contributed by atoms with van der Waals surface area (Å²) in [5, 5.41) is 16.7. The molecule has 2 aromatic heterocycles. The van der Waals surface area contributed by atoms with E-state index in [1.807, 2.05) is 28.8 Å². The summed E-state index contributed by atoms with van der Waals surface area (Å²) in [6, 6.07) is 9.85. The van der Waals surface area contributed by atoms with Gasteiger partial charge in [-0.1, -0.05) is 41.6 Å². The lowest BCUT2D eigenvalue weighted by atomic mass is 10.2. The molecule has 1 aliphatic rings. The molecule has 0 bridgehead atoms. The van der Waals surface area contributed by atoms with Crippen LogP contribution < -0.4 is 5.32 Å². The second-order valence-corrected chi connectivity index (χ2v) is 7.40. The van der Waals surface area contributed by atoms with Gasteiger partial charge < -0.3 is 9.88 Å². The van der Waals surface area contributed by atoms with Gasteiger partial charge in [0.1, 0.15) is 12.1 Å². The molecule has 9 heteroatoms. The molecule has 0 atom stereocenters. The van der Waals surface area contributed by atoms with Gasteiger partial charge in [-0.2, -0.15) is 5.10 Å². The summed E-state index contributed by atoms with van der Waals surface area (Å²) in [5.41, 5.74) is 0.945. The number of nitrogens with zero attached hydrogens (tertiary/aromatic N) is 5. The van der Waals surface area contributed by atoms with E-state index >= 15 is 0 Å². The molecule has 7 nitrogen and oxygen atoms in total. The van der Waals surface area contributed by atoms with Crippen molar-refractivity contribution < 1.29 is 4.79 Å². The predicted molar refractivity (Wildman–Crippen MR) is 100 cm³/mol. The molecule has 26 heavy (non-hydrogen) atoms. The van der Waals surface area contributed by atoms with Crippen LogP contribution in [0.5, 0.6) is 0 Å². The Hall–Kier alpha value is -2.32. The number of hydrogen-bond donors (Lipinski definition) is 1. The minimum Gasteiger partial charge on any atom is -0.310 e. The van der Waals surface area contributed by atoms with Crippen LogP contribution in [0.4, 0.5) is 5.82 Å². The first-order valence-corrected chi connectivity index (χ1v) is 9.64. The number of carbonyl (C=O) groups is 1. The van der Waals surface area contributed by atoms with Crippen molar-refractivity contribution in [1.82, 2.24) is 24.5 Å². The van der Waals surface area contributed by atoms with Gasteiger partial charge in [0.25, 0.3) is 0 Å². The van der Waals surface area contributed by atoms with Crippen LogP contribution in [0.15, 0.2) is 48.0 Å². The van der Waals surface area contributed by atoms with Gasteiger partial charge in [-0.15, -0.1) is 10.2 Å². The summed E-state index contributed by atoms with van der Waals surface area (Å²) in [6.45, 7) is 0.492. The molecule has 2 heterocycles. The third-order valence-electron chi connectivity index (χ3n) is 4.07. The quantitative estimate of drug-likeness (QED) is 0.628. The van der Waals surface area contributed by atoms with Crippen molar-refractivity contribution in [3.8, 4) is 0 Å². The number of aromatic nitrogens is 5. The Morgan fingerprint density at radius 2 is 2.15 bits per heavy atom.